The Morgan fingerprint density at radius 3 is 2.78 bits per heavy atom. The van der Waals surface area contributed by atoms with Gasteiger partial charge < -0.3 is 4.98 Å². The van der Waals surface area contributed by atoms with E-state index >= 15 is 0 Å². The van der Waals surface area contributed by atoms with Gasteiger partial charge in [0.05, 0.1) is 5.57 Å². The number of H-pyrrole nitrogens is 1. The molecule has 2 aromatic rings. The second-order valence-corrected chi connectivity index (χ2v) is 7.31. The average Bonchev–Trinajstić information content (AvgIpc) is 3.18. The predicted molar refractivity (Wildman–Crippen MR) is 106 cm³/mol. The van der Waals surface area contributed by atoms with Crippen molar-refractivity contribution in [2.75, 3.05) is 13.1 Å². The molecule has 6 nitrogen and oxygen atoms in total. The average molecular weight is 363 g/mol. The third-order valence-corrected chi connectivity index (χ3v) is 5.45. The normalized spacial score (nSPS) is 19.4. The molecule has 0 saturated carbocycles. The van der Waals surface area contributed by atoms with Crippen molar-refractivity contribution in [2.45, 2.75) is 39.7 Å². The number of likely N-dealkylation sites (tertiary alicyclic amines) is 1. The van der Waals surface area contributed by atoms with Crippen molar-refractivity contribution in [2.24, 2.45) is 5.10 Å². The summed E-state index contributed by atoms with van der Waals surface area (Å²) in [6.45, 7) is 7.54. The Balaban J connectivity index is 1.64. The van der Waals surface area contributed by atoms with E-state index in [-0.39, 0.29) is 5.91 Å². The van der Waals surface area contributed by atoms with Crippen LogP contribution in [0.25, 0.3) is 6.08 Å². The molecule has 0 unspecified atom stereocenters. The van der Waals surface area contributed by atoms with Crippen molar-refractivity contribution < 1.29 is 4.79 Å². The maximum atomic E-state index is 12.3. The van der Waals surface area contributed by atoms with Crippen LogP contribution in [-0.4, -0.2) is 39.6 Å². The summed E-state index contributed by atoms with van der Waals surface area (Å²) in [6.07, 6.45) is 9.25. The molecule has 0 bridgehead atoms. The van der Waals surface area contributed by atoms with Crippen molar-refractivity contribution in [3.63, 3.8) is 0 Å². The summed E-state index contributed by atoms with van der Waals surface area (Å²) in [5.41, 5.74) is 9.29. The highest BCUT2D eigenvalue weighted by atomic mass is 16.2. The predicted octanol–water partition coefficient (Wildman–Crippen LogP) is 2.93. The Bertz CT molecular complexity index is 904. The van der Waals surface area contributed by atoms with Gasteiger partial charge in [-0.2, -0.15) is 5.10 Å². The maximum Gasteiger partial charge on any atom is 0.273 e. The fourth-order valence-corrected chi connectivity index (χ4v) is 3.87. The number of nitrogens with zero attached hydrogens (tertiary/aromatic N) is 3. The molecule has 27 heavy (non-hydrogen) atoms. The van der Waals surface area contributed by atoms with Crippen molar-refractivity contribution in [1.29, 1.82) is 0 Å². The van der Waals surface area contributed by atoms with Gasteiger partial charge in [-0.3, -0.25) is 14.7 Å². The van der Waals surface area contributed by atoms with Gasteiger partial charge >= 0.3 is 0 Å². The highest BCUT2D eigenvalue weighted by Gasteiger charge is 2.25. The monoisotopic (exact) mass is 363 g/mol. The lowest BCUT2D eigenvalue weighted by atomic mass is 10.0. The first-order chi connectivity index (χ1) is 13.1. The molecule has 2 N–H and O–H groups in total. The first-order valence-corrected chi connectivity index (χ1v) is 9.54. The Kier molecular flexibility index (Phi) is 4.90. The SMILES string of the molecule is Cc1[nH]c(/C=C2/C(=O)NN=C2c2cccnc2)c(C)c1CN1CCCCC1. The molecule has 1 saturated heterocycles. The number of carbonyl (C=O) groups excluding carboxylic acids is 1. The van der Waals surface area contributed by atoms with Crippen LogP contribution in [0, 0.1) is 13.8 Å². The van der Waals surface area contributed by atoms with E-state index in [0.717, 1.165) is 17.8 Å². The number of aryl methyl sites for hydroxylation is 1. The molecule has 0 aromatic carbocycles. The zero-order valence-corrected chi connectivity index (χ0v) is 15.9. The standard InChI is InChI=1S/C21H25N5O/c1-14-18(13-26-9-4-3-5-10-26)15(2)23-19(14)11-17-20(24-25-21(17)27)16-7-6-8-22-12-16/h6-8,11-12,23H,3-5,9-10,13H2,1-2H3,(H,25,27)/b17-11+. The molecule has 0 atom stereocenters. The Hall–Kier alpha value is -2.73. The number of carbonyl (C=O) groups is 1. The smallest absolute Gasteiger partial charge is 0.273 e. The number of hydrazone groups is 1. The number of amides is 1. The summed E-state index contributed by atoms with van der Waals surface area (Å²) >= 11 is 0. The molecule has 2 aromatic heterocycles. The second kappa shape index (κ2) is 7.48. The largest absolute Gasteiger partial charge is 0.359 e. The van der Waals surface area contributed by atoms with Gasteiger partial charge in [-0.25, -0.2) is 5.43 Å². The van der Waals surface area contributed by atoms with Crippen LogP contribution in [0.15, 0.2) is 35.2 Å². The van der Waals surface area contributed by atoms with Crippen LogP contribution in [0.5, 0.6) is 0 Å². The molecule has 1 fully saturated rings. The van der Waals surface area contributed by atoms with Crippen LogP contribution >= 0.6 is 0 Å². The van der Waals surface area contributed by atoms with Crippen LogP contribution < -0.4 is 5.43 Å². The molecule has 140 valence electrons. The Morgan fingerprint density at radius 1 is 1.22 bits per heavy atom. The van der Waals surface area contributed by atoms with Crippen LogP contribution in [-0.2, 0) is 11.3 Å². The van der Waals surface area contributed by atoms with Gasteiger partial charge in [0, 0.05) is 35.9 Å². The summed E-state index contributed by atoms with van der Waals surface area (Å²) in [4.78, 5) is 22.5. The number of hydrogen-bond acceptors (Lipinski definition) is 4. The highest BCUT2D eigenvalue weighted by molar-refractivity contribution is 6.33. The molecule has 4 heterocycles. The third kappa shape index (κ3) is 3.57. The van der Waals surface area contributed by atoms with Gasteiger partial charge in [0.25, 0.3) is 5.91 Å². The van der Waals surface area contributed by atoms with Crippen molar-refractivity contribution in [1.82, 2.24) is 20.3 Å². The zero-order chi connectivity index (χ0) is 18.8. The molecule has 0 aliphatic carbocycles. The topological polar surface area (TPSA) is 73.4 Å². The highest BCUT2D eigenvalue weighted by Crippen LogP contribution is 2.25. The molecule has 0 spiro atoms. The molecule has 2 aliphatic heterocycles. The van der Waals surface area contributed by atoms with E-state index in [2.05, 4.69) is 39.2 Å². The van der Waals surface area contributed by atoms with Crippen LogP contribution in [0.1, 0.15) is 47.3 Å². The third-order valence-electron chi connectivity index (χ3n) is 5.45. The van der Waals surface area contributed by atoms with Crippen molar-refractivity contribution >= 4 is 17.7 Å². The summed E-state index contributed by atoms with van der Waals surface area (Å²) in [6, 6.07) is 3.76. The zero-order valence-electron chi connectivity index (χ0n) is 15.9. The van der Waals surface area contributed by atoms with E-state index in [1.807, 2.05) is 18.2 Å². The molecular formula is C21H25N5O. The minimum Gasteiger partial charge on any atom is -0.359 e. The first-order valence-electron chi connectivity index (χ1n) is 9.54. The van der Waals surface area contributed by atoms with Crippen LogP contribution in [0.2, 0.25) is 0 Å². The molecular weight excluding hydrogens is 338 g/mol. The number of pyridine rings is 1. The van der Waals surface area contributed by atoms with Crippen LogP contribution in [0.4, 0.5) is 0 Å². The number of hydrogen-bond donors (Lipinski definition) is 2. The fourth-order valence-electron chi connectivity index (χ4n) is 3.87. The lowest BCUT2D eigenvalue weighted by Crippen LogP contribution is -2.29. The van der Waals surface area contributed by atoms with Gasteiger partial charge in [-0.05, 0) is 69.1 Å². The van der Waals surface area contributed by atoms with E-state index in [1.54, 1.807) is 12.4 Å². The lowest BCUT2D eigenvalue weighted by Gasteiger charge is -2.26. The number of aromatic nitrogens is 2. The fraction of sp³-hybridized carbons (Fsp3) is 0.381. The Morgan fingerprint density at radius 2 is 2.04 bits per heavy atom. The van der Waals surface area contributed by atoms with E-state index in [9.17, 15) is 4.79 Å². The molecule has 6 heteroatoms. The van der Waals surface area contributed by atoms with Crippen molar-refractivity contribution in [3.8, 4) is 0 Å². The van der Waals surface area contributed by atoms with Gasteiger partial charge in [-0.15, -0.1) is 0 Å². The molecule has 4 rings (SSSR count). The minimum atomic E-state index is -0.182. The summed E-state index contributed by atoms with van der Waals surface area (Å²) < 4.78 is 0. The quantitative estimate of drug-likeness (QED) is 0.821. The van der Waals surface area contributed by atoms with Gasteiger partial charge in [-0.1, -0.05) is 6.42 Å². The number of aromatic amines is 1. The van der Waals surface area contributed by atoms with Gasteiger partial charge in [0.2, 0.25) is 0 Å². The lowest BCUT2D eigenvalue weighted by molar-refractivity contribution is -0.116. The van der Waals surface area contributed by atoms with Crippen molar-refractivity contribution in [3.05, 3.63) is 58.2 Å². The minimum absolute atomic E-state index is 0.182. The number of rotatable bonds is 4. The van der Waals surface area contributed by atoms with Gasteiger partial charge in [0.15, 0.2) is 0 Å². The summed E-state index contributed by atoms with van der Waals surface area (Å²) in [5, 5.41) is 4.20. The summed E-state index contributed by atoms with van der Waals surface area (Å²) in [7, 11) is 0. The van der Waals surface area contributed by atoms with E-state index < -0.39 is 0 Å². The van der Waals surface area contributed by atoms with Gasteiger partial charge in [0.1, 0.15) is 5.71 Å². The maximum absolute atomic E-state index is 12.3. The van der Waals surface area contributed by atoms with E-state index in [4.69, 9.17) is 0 Å². The molecule has 1 amide bonds. The Labute approximate surface area is 159 Å². The second-order valence-electron chi connectivity index (χ2n) is 7.31. The van der Waals surface area contributed by atoms with E-state index in [0.29, 0.717) is 11.3 Å². The van der Waals surface area contributed by atoms with Crippen LogP contribution in [0.3, 0.4) is 0 Å². The number of nitrogens with one attached hydrogen (secondary N) is 2. The summed E-state index contributed by atoms with van der Waals surface area (Å²) in [5.74, 6) is -0.182. The van der Waals surface area contributed by atoms with E-state index in [1.165, 1.54) is 49.2 Å². The number of piperidine rings is 1. The first kappa shape index (κ1) is 17.7. The molecule has 0 radical (unpaired) electrons. The molecule has 2 aliphatic rings.